The molecule has 0 unspecified atom stereocenters. The van der Waals surface area contributed by atoms with E-state index < -0.39 is 4.92 Å². The van der Waals surface area contributed by atoms with Crippen molar-refractivity contribution in [3.05, 3.63) is 65.2 Å². The van der Waals surface area contributed by atoms with Crippen molar-refractivity contribution in [1.82, 2.24) is 4.98 Å². The van der Waals surface area contributed by atoms with Crippen LogP contribution in [0.4, 0.5) is 11.4 Å². The minimum atomic E-state index is -0.474. The maximum atomic E-state index is 10.6. The van der Waals surface area contributed by atoms with Gasteiger partial charge in [-0.2, -0.15) is 0 Å². The van der Waals surface area contributed by atoms with Crippen LogP contribution >= 0.6 is 21.6 Å². The van der Waals surface area contributed by atoms with Gasteiger partial charge in [0.1, 0.15) is 17.4 Å². The maximum absolute atomic E-state index is 10.6. The summed E-state index contributed by atoms with van der Waals surface area (Å²) in [6.07, 6.45) is 1.69. The fourth-order valence-corrected chi connectivity index (χ4v) is 3.38. The van der Waals surface area contributed by atoms with E-state index in [4.69, 9.17) is 15.2 Å². The van der Waals surface area contributed by atoms with Crippen LogP contribution < -0.4 is 10.5 Å². The number of rotatable bonds is 9. The molecular formula is C15H15N3O4S2. The number of aromatic nitrogens is 1. The molecule has 126 valence electrons. The van der Waals surface area contributed by atoms with Crippen LogP contribution in [0.2, 0.25) is 0 Å². The van der Waals surface area contributed by atoms with Gasteiger partial charge in [0.15, 0.2) is 0 Å². The Labute approximate surface area is 146 Å². The number of nitro groups is 1. The van der Waals surface area contributed by atoms with Gasteiger partial charge in [-0.05, 0) is 41.6 Å². The van der Waals surface area contributed by atoms with E-state index in [1.165, 1.54) is 35.1 Å². The largest absolute Gasteiger partial charge is 0.465 e. The van der Waals surface area contributed by atoms with Crippen LogP contribution in [0, 0.1) is 10.1 Å². The first kappa shape index (κ1) is 18.0. The van der Waals surface area contributed by atoms with E-state index in [9.17, 15) is 10.1 Å². The molecule has 0 saturated carbocycles. The number of nitrogens with zero attached hydrogens (tertiary/aromatic N) is 2. The molecular weight excluding hydrogens is 350 g/mol. The molecule has 0 amide bonds. The third-order valence-electron chi connectivity index (χ3n) is 2.65. The summed E-state index contributed by atoms with van der Waals surface area (Å²) in [6.45, 7) is 4.05. The molecule has 7 nitrogen and oxygen atoms in total. The first-order valence-corrected chi connectivity index (χ1v) is 9.12. The minimum Gasteiger partial charge on any atom is -0.465 e. The Bertz CT molecular complexity index is 710. The van der Waals surface area contributed by atoms with Gasteiger partial charge in [-0.25, -0.2) is 4.98 Å². The van der Waals surface area contributed by atoms with Crippen LogP contribution in [-0.2, 0) is 4.74 Å². The van der Waals surface area contributed by atoms with Crippen LogP contribution in [0.1, 0.15) is 0 Å². The molecule has 2 N–H and O–H groups in total. The molecule has 0 bridgehead atoms. The molecule has 1 aromatic heterocycles. The second-order valence-electron chi connectivity index (χ2n) is 4.38. The van der Waals surface area contributed by atoms with Crippen molar-refractivity contribution >= 4 is 33.0 Å². The van der Waals surface area contributed by atoms with Crippen molar-refractivity contribution in [2.24, 2.45) is 0 Å². The Morgan fingerprint density at radius 1 is 1.33 bits per heavy atom. The Hall–Kier alpha value is -2.39. The maximum Gasteiger partial charge on any atom is 0.277 e. The van der Waals surface area contributed by atoms with E-state index in [0.29, 0.717) is 23.8 Å². The molecule has 9 heteroatoms. The molecule has 2 aromatic rings. The Morgan fingerprint density at radius 3 is 2.75 bits per heavy atom. The average Bonchev–Trinajstić information content (AvgIpc) is 2.56. The summed E-state index contributed by atoms with van der Waals surface area (Å²) in [7, 11) is 3.02. The van der Waals surface area contributed by atoms with Crippen LogP contribution in [0.25, 0.3) is 0 Å². The van der Waals surface area contributed by atoms with Crippen molar-refractivity contribution in [3.8, 4) is 5.75 Å². The number of ether oxygens (including phenoxy) is 2. The van der Waals surface area contributed by atoms with Crippen LogP contribution in [0.5, 0.6) is 5.75 Å². The third-order valence-corrected chi connectivity index (χ3v) is 4.92. The van der Waals surface area contributed by atoms with Crippen LogP contribution in [0.3, 0.4) is 0 Å². The lowest BCUT2D eigenvalue weighted by molar-refractivity contribution is -0.384. The van der Waals surface area contributed by atoms with Gasteiger partial charge >= 0.3 is 0 Å². The van der Waals surface area contributed by atoms with Crippen LogP contribution in [0.15, 0.2) is 60.1 Å². The lowest BCUT2D eigenvalue weighted by Gasteiger charge is -2.10. The highest BCUT2D eigenvalue weighted by Crippen LogP contribution is 2.32. The van der Waals surface area contributed by atoms with Gasteiger partial charge in [-0.15, -0.1) is 0 Å². The Kier molecular flexibility index (Phi) is 6.76. The summed E-state index contributed by atoms with van der Waals surface area (Å²) in [4.78, 5) is 14.3. The number of non-ortho nitro benzene ring substituents is 1. The van der Waals surface area contributed by atoms with Gasteiger partial charge in [0.05, 0.1) is 10.6 Å². The summed E-state index contributed by atoms with van der Waals surface area (Å²) in [5, 5.41) is 11.3. The number of nitro benzene ring substituents is 1. The van der Waals surface area contributed by atoms with E-state index in [-0.39, 0.29) is 11.6 Å². The zero-order valence-corrected chi connectivity index (χ0v) is 14.2. The van der Waals surface area contributed by atoms with Crippen molar-refractivity contribution in [2.45, 2.75) is 5.03 Å². The van der Waals surface area contributed by atoms with E-state index in [0.717, 1.165) is 5.03 Å². The summed E-state index contributed by atoms with van der Waals surface area (Å²) in [6, 6.07) is 9.26. The molecule has 1 aromatic carbocycles. The summed E-state index contributed by atoms with van der Waals surface area (Å²) < 4.78 is 10.7. The van der Waals surface area contributed by atoms with Crippen LogP contribution in [-0.4, -0.2) is 22.3 Å². The molecule has 0 aliphatic rings. The quantitative estimate of drug-likeness (QED) is 0.235. The highest BCUT2D eigenvalue weighted by molar-refractivity contribution is 8.76. The number of nitrogen functional groups attached to an aromatic ring is 1. The van der Waals surface area contributed by atoms with Gasteiger partial charge in [0.25, 0.3) is 11.6 Å². The average molecular weight is 365 g/mol. The normalized spacial score (nSPS) is 10.2. The summed E-state index contributed by atoms with van der Waals surface area (Å²) in [5.41, 5.74) is 6.43. The zero-order valence-electron chi connectivity index (χ0n) is 12.6. The summed E-state index contributed by atoms with van der Waals surface area (Å²) in [5.74, 6) is 1.24. The molecule has 0 aliphatic heterocycles. The second-order valence-corrected chi connectivity index (χ2v) is 6.78. The smallest absolute Gasteiger partial charge is 0.277 e. The lowest BCUT2D eigenvalue weighted by atomic mass is 10.3. The van der Waals surface area contributed by atoms with Gasteiger partial charge in [0, 0.05) is 24.1 Å². The predicted octanol–water partition coefficient (Wildman–Crippen LogP) is 3.88. The first-order chi connectivity index (χ1) is 11.6. The summed E-state index contributed by atoms with van der Waals surface area (Å²) >= 11 is 0. The van der Waals surface area contributed by atoms with Gasteiger partial charge in [-0.1, -0.05) is 10.8 Å². The molecule has 2 rings (SSSR count). The van der Waals surface area contributed by atoms with Crippen molar-refractivity contribution in [2.75, 3.05) is 18.1 Å². The van der Waals surface area contributed by atoms with Crippen molar-refractivity contribution in [1.29, 1.82) is 0 Å². The molecule has 0 radical (unpaired) electrons. The monoisotopic (exact) mass is 365 g/mol. The fourth-order valence-electron chi connectivity index (χ4n) is 1.56. The molecule has 0 aliphatic carbocycles. The van der Waals surface area contributed by atoms with Crippen molar-refractivity contribution in [3.63, 3.8) is 0 Å². The number of anilines is 1. The standard InChI is InChI=1S/C15H15N3O4S2/c1-11(22-13-6-4-12(5-7-13)18(19)20)21-9-10-23-24-15-14(16)3-2-8-17-15/h2-8H,1,9-10,16H2. The number of nitrogens with two attached hydrogens (primary N) is 1. The number of pyridine rings is 1. The topological polar surface area (TPSA) is 101 Å². The predicted molar refractivity (Wildman–Crippen MR) is 95.8 cm³/mol. The number of hydrogen-bond acceptors (Lipinski definition) is 8. The molecule has 1 heterocycles. The van der Waals surface area contributed by atoms with Crippen molar-refractivity contribution < 1.29 is 14.4 Å². The SMILES string of the molecule is C=C(OCCSSc1ncccc1N)Oc1ccc([N+](=O)[O-])cc1. The fraction of sp³-hybridized carbons (Fsp3) is 0.133. The molecule has 0 atom stereocenters. The zero-order chi connectivity index (χ0) is 17.4. The second kappa shape index (κ2) is 9.04. The highest BCUT2D eigenvalue weighted by Gasteiger charge is 2.06. The molecule has 24 heavy (non-hydrogen) atoms. The van der Waals surface area contributed by atoms with E-state index in [1.54, 1.807) is 29.1 Å². The highest BCUT2D eigenvalue weighted by atomic mass is 33.1. The van der Waals surface area contributed by atoms with Gasteiger partial charge < -0.3 is 15.2 Å². The third kappa shape index (κ3) is 5.67. The number of benzene rings is 1. The number of hydrogen-bond donors (Lipinski definition) is 1. The van der Waals surface area contributed by atoms with E-state index in [2.05, 4.69) is 11.6 Å². The van der Waals surface area contributed by atoms with E-state index in [1.807, 2.05) is 0 Å². The minimum absolute atomic E-state index is 0.00361. The first-order valence-electron chi connectivity index (χ1n) is 6.80. The van der Waals surface area contributed by atoms with E-state index >= 15 is 0 Å². The Morgan fingerprint density at radius 2 is 2.08 bits per heavy atom. The molecule has 0 fully saturated rings. The Balaban J connectivity index is 1.66. The van der Waals surface area contributed by atoms with Gasteiger partial charge in [-0.3, -0.25) is 10.1 Å². The molecule has 0 saturated heterocycles. The lowest BCUT2D eigenvalue weighted by Crippen LogP contribution is -2.02. The molecule has 0 spiro atoms. The van der Waals surface area contributed by atoms with Gasteiger partial charge in [0.2, 0.25) is 0 Å².